The number of nitrogens with zero attached hydrogens (tertiary/aromatic N) is 1. The monoisotopic (exact) mass is 328 g/mol. The highest BCUT2D eigenvalue weighted by Crippen LogP contribution is 2.26. The molecule has 0 radical (unpaired) electrons. The summed E-state index contributed by atoms with van der Waals surface area (Å²) in [6.07, 6.45) is 1.53. The number of rotatable bonds is 6. The van der Waals surface area contributed by atoms with Gasteiger partial charge in [0, 0.05) is 18.1 Å². The van der Waals surface area contributed by atoms with Crippen molar-refractivity contribution in [2.75, 3.05) is 20.3 Å². The molecule has 0 aliphatic rings. The molecular formula is C13H14BrFN2O2. The molecule has 6 heteroatoms. The molecule has 0 fully saturated rings. The Kier molecular flexibility index (Phi) is 5.07. The van der Waals surface area contributed by atoms with E-state index in [1.807, 2.05) is 0 Å². The smallest absolute Gasteiger partial charge is 0.208 e. The zero-order valence-electron chi connectivity index (χ0n) is 10.5. The molecule has 4 nitrogen and oxygen atoms in total. The second-order valence-corrected chi connectivity index (χ2v) is 4.83. The van der Waals surface area contributed by atoms with Gasteiger partial charge < -0.3 is 14.5 Å². The Morgan fingerprint density at radius 3 is 3.05 bits per heavy atom. The van der Waals surface area contributed by atoms with Crippen molar-refractivity contribution in [2.45, 2.75) is 6.54 Å². The summed E-state index contributed by atoms with van der Waals surface area (Å²) in [6, 6.07) is 4.81. The largest absolute Gasteiger partial charge is 0.439 e. The van der Waals surface area contributed by atoms with Gasteiger partial charge in [-0.3, -0.25) is 0 Å². The average molecular weight is 329 g/mol. The van der Waals surface area contributed by atoms with Gasteiger partial charge in [0.1, 0.15) is 5.82 Å². The lowest BCUT2D eigenvalue weighted by Gasteiger charge is -2.01. The number of benzene rings is 1. The fourth-order valence-corrected chi connectivity index (χ4v) is 1.91. The average Bonchev–Trinajstić information content (AvgIpc) is 2.83. The van der Waals surface area contributed by atoms with Gasteiger partial charge in [-0.2, -0.15) is 0 Å². The summed E-state index contributed by atoms with van der Waals surface area (Å²) in [5, 5.41) is 3.11. The minimum atomic E-state index is -0.343. The van der Waals surface area contributed by atoms with Crippen LogP contribution in [0.5, 0.6) is 0 Å². The Morgan fingerprint density at radius 2 is 2.32 bits per heavy atom. The Bertz CT molecular complexity index is 545. The Labute approximate surface area is 119 Å². The molecule has 1 N–H and O–H groups in total. The van der Waals surface area contributed by atoms with Gasteiger partial charge >= 0.3 is 0 Å². The molecule has 0 aliphatic heterocycles. The molecule has 1 heterocycles. The van der Waals surface area contributed by atoms with E-state index in [-0.39, 0.29) is 5.82 Å². The van der Waals surface area contributed by atoms with Gasteiger partial charge in [-0.05, 0) is 18.2 Å². The first-order chi connectivity index (χ1) is 9.20. The maximum atomic E-state index is 13.7. The van der Waals surface area contributed by atoms with Crippen LogP contribution in [0, 0.1) is 5.82 Å². The highest BCUT2D eigenvalue weighted by Gasteiger charge is 2.11. The van der Waals surface area contributed by atoms with Crippen molar-refractivity contribution in [1.82, 2.24) is 10.3 Å². The Morgan fingerprint density at radius 1 is 1.47 bits per heavy atom. The van der Waals surface area contributed by atoms with E-state index in [4.69, 9.17) is 9.15 Å². The Hall–Kier alpha value is -1.24. The normalized spacial score (nSPS) is 10.9. The maximum Gasteiger partial charge on any atom is 0.208 e. The zero-order chi connectivity index (χ0) is 13.7. The van der Waals surface area contributed by atoms with Gasteiger partial charge in [0.15, 0.2) is 5.76 Å². The molecule has 0 saturated heterocycles. The second-order valence-electron chi connectivity index (χ2n) is 3.91. The molecule has 1 aromatic carbocycles. The number of hydrogen-bond donors (Lipinski definition) is 1. The van der Waals surface area contributed by atoms with Crippen molar-refractivity contribution in [1.29, 1.82) is 0 Å². The van der Waals surface area contributed by atoms with Crippen molar-refractivity contribution >= 4 is 15.9 Å². The first-order valence-corrected chi connectivity index (χ1v) is 6.60. The van der Waals surface area contributed by atoms with Crippen molar-refractivity contribution in [3.05, 3.63) is 40.6 Å². The first kappa shape index (κ1) is 14.2. The summed E-state index contributed by atoms with van der Waals surface area (Å²) < 4.78 is 24.9. The second kappa shape index (κ2) is 6.79. The van der Waals surface area contributed by atoms with Crippen molar-refractivity contribution in [2.24, 2.45) is 0 Å². The van der Waals surface area contributed by atoms with Crippen molar-refractivity contribution < 1.29 is 13.5 Å². The number of nitrogens with one attached hydrogen (secondary N) is 1. The standard InChI is InChI=1S/C13H14BrFN2O2/c1-18-5-4-16-8-13-17-7-12(19-13)10-3-2-9(14)6-11(10)15/h2-3,6-7,16H,4-5,8H2,1H3. The van der Waals surface area contributed by atoms with Crippen LogP contribution in [0.25, 0.3) is 11.3 Å². The molecular weight excluding hydrogens is 315 g/mol. The predicted octanol–water partition coefficient (Wildman–Crippen LogP) is 2.98. The molecule has 0 spiro atoms. The molecule has 0 saturated carbocycles. The minimum absolute atomic E-state index is 0.343. The summed E-state index contributed by atoms with van der Waals surface area (Å²) in [5.41, 5.74) is 0.402. The number of methoxy groups -OCH3 is 1. The summed E-state index contributed by atoms with van der Waals surface area (Å²) >= 11 is 3.21. The highest BCUT2D eigenvalue weighted by molar-refractivity contribution is 9.10. The van der Waals surface area contributed by atoms with Crippen LogP contribution in [0.1, 0.15) is 5.89 Å². The van der Waals surface area contributed by atoms with Crippen LogP contribution >= 0.6 is 15.9 Å². The SMILES string of the molecule is COCCNCc1ncc(-c2ccc(Br)cc2F)o1. The van der Waals surface area contributed by atoms with E-state index in [1.54, 1.807) is 19.2 Å². The van der Waals surface area contributed by atoms with E-state index in [0.717, 1.165) is 0 Å². The molecule has 19 heavy (non-hydrogen) atoms. The fraction of sp³-hybridized carbons (Fsp3) is 0.308. The maximum absolute atomic E-state index is 13.7. The third-order valence-corrected chi connectivity index (χ3v) is 3.00. The number of ether oxygens (including phenoxy) is 1. The highest BCUT2D eigenvalue weighted by atomic mass is 79.9. The van der Waals surface area contributed by atoms with E-state index in [0.29, 0.717) is 41.4 Å². The van der Waals surface area contributed by atoms with Gasteiger partial charge in [0.2, 0.25) is 5.89 Å². The van der Waals surface area contributed by atoms with E-state index in [1.165, 1.54) is 12.3 Å². The number of oxazole rings is 1. The van der Waals surface area contributed by atoms with Crippen molar-refractivity contribution in [3.8, 4) is 11.3 Å². The lowest BCUT2D eigenvalue weighted by molar-refractivity contribution is 0.198. The van der Waals surface area contributed by atoms with Gasteiger partial charge in [0.05, 0.1) is 24.9 Å². The summed E-state index contributed by atoms with van der Waals surface area (Å²) in [5.74, 6) is 0.603. The third-order valence-electron chi connectivity index (χ3n) is 2.51. The van der Waals surface area contributed by atoms with Crippen LogP contribution in [-0.2, 0) is 11.3 Å². The number of aromatic nitrogens is 1. The van der Waals surface area contributed by atoms with E-state index < -0.39 is 0 Å². The summed E-state index contributed by atoms with van der Waals surface area (Å²) in [6.45, 7) is 1.82. The van der Waals surface area contributed by atoms with Crippen LogP contribution in [0.4, 0.5) is 4.39 Å². The van der Waals surface area contributed by atoms with E-state index >= 15 is 0 Å². The predicted molar refractivity (Wildman–Crippen MR) is 73.2 cm³/mol. The quantitative estimate of drug-likeness (QED) is 0.828. The zero-order valence-corrected chi connectivity index (χ0v) is 12.0. The molecule has 102 valence electrons. The lowest BCUT2D eigenvalue weighted by Crippen LogP contribution is -2.18. The molecule has 1 aromatic heterocycles. The summed E-state index contributed by atoms with van der Waals surface area (Å²) in [7, 11) is 1.64. The third kappa shape index (κ3) is 3.86. The Balaban J connectivity index is 2.04. The number of halogens is 2. The molecule has 0 aliphatic carbocycles. The molecule has 0 amide bonds. The molecule has 2 rings (SSSR count). The topological polar surface area (TPSA) is 47.3 Å². The molecule has 0 atom stereocenters. The van der Waals surface area contributed by atoms with E-state index in [2.05, 4.69) is 26.2 Å². The minimum Gasteiger partial charge on any atom is -0.439 e. The molecule has 0 bridgehead atoms. The number of hydrogen-bond acceptors (Lipinski definition) is 4. The van der Waals surface area contributed by atoms with Gasteiger partial charge in [-0.25, -0.2) is 9.37 Å². The van der Waals surface area contributed by atoms with Crippen LogP contribution in [-0.4, -0.2) is 25.2 Å². The van der Waals surface area contributed by atoms with Crippen LogP contribution in [0.2, 0.25) is 0 Å². The van der Waals surface area contributed by atoms with Crippen LogP contribution < -0.4 is 5.32 Å². The first-order valence-electron chi connectivity index (χ1n) is 5.80. The van der Waals surface area contributed by atoms with E-state index in [9.17, 15) is 4.39 Å². The fourth-order valence-electron chi connectivity index (χ4n) is 1.58. The van der Waals surface area contributed by atoms with Crippen LogP contribution in [0.3, 0.4) is 0 Å². The molecule has 0 unspecified atom stereocenters. The summed E-state index contributed by atoms with van der Waals surface area (Å²) in [4.78, 5) is 4.11. The van der Waals surface area contributed by atoms with Crippen LogP contribution in [0.15, 0.2) is 33.3 Å². The van der Waals surface area contributed by atoms with Gasteiger partial charge in [0.25, 0.3) is 0 Å². The van der Waals surface area contributed by atoms with Gasteiger partial charge in [-0.1, -0.05) is 15.9 Å². The lowest BCUT2D eigenvalue weighted by atomic mass is 10.2. The van der Waals surface area contributed by atoms with Gasteiger partial charge in [-0.15, -0.1) is 0 Å². The molecule has 2 aromatic rings. The van der Waals surface area contributed by atoms with Crippen molar-refractivity contribution in [3.63, 3.8) is 0 Å².